The standard InChI is InChI=1S/C14H11N5OS/c15-13-16-11(10-6-3-7-21-10)19-9-5-2-1-4-8(9)12(20)17-14(19)18-13/h1-7,11H,(H3,15,16,17,18,20)/t11-/m0/s1. The number of aliphatic imine (C=N–C) groups is 1. The zero-order chi connectivity index (χ0) is 14.4. The van der Waals surface area contributed by atoms with Crippen molar-refractivity contribution in [2.24, 2.45) is 10.7 Å². The van der Waals surface area contributed by atoms with Gasteiger partial charge in [0.1, 0.15) is 0 Å². The third-order valence-electron chi connectivity index (χ3n) is 3.37. The summed E-state index contributed by atoms with van der Waals surface area (Å²) in [6.07, 6.45) is -0.306. The van der Waals surface area contributed by atoms with Gasteiger partial charge in [-0.15, -0.1) is 11.3 Å². The fraction of sp³-hybridized carbons (Fsp3) is 0.0714. The van der Waals surface area contributed by atoms with Crippen LogP contribution in [0.2, 0.25) is 0 Å². The van der Waals surface area contributed by atoms with Crippen LogP contribution in [0.1, 0.15) is 11.0 Å². The van der Waals surface area contributed by atoms with Crippen molar-refractivity contribution in [3.05, 3.63) is 57.0 Å². The van der Waals surface area contributed by atoms with E-state index < -0.39 is 0 Å². The van der Waals surface area contributed by atoms with E-state index in [9.17, 15) is 4.79 Å². The molecule has 1 aliphatic rings. The summed E-state index contributed by atoms with van der Waals surface area (Å²) in [6, 6.07) is 11.3. The minimum Gasteiger partial charge on any atom is -0.370 e. The van der Waals surface area contributed by atoms with E-state index in [0.717, 1.165) is 10.4 Å². The van der Waals surface area contributed by atoms with E-state index in [2.05, 4.69) is 15.3 Å². The van der Waals surface area contributed by atoms with E-state index in [0.29, 0.717) is 11.3 Å². The monoisotopic (exact) mass is 297 g/mol. The lowest BCUT2D eigenvalue weighted by atomic mass is 10.2. The van der Waals surface area contributed by atoms with Crippen LogP contribution >= 0.6 is 11.3 Å². The molecule has 4 rings (SSSR count). The van der Waals surface area contributed by atoms with Crippen molar-refractivity contribution in [3.8, 4) is 0 Å². The van der Waals surface area contributed by atoms with Gasteiger partial charge in [-0.05, 0) is 23.6 Å². The Kier molecular flexibility index (Phi) is 2.55. The Morgan fingerprint density at radius 3 is 2.90 bits per heavy atom. The molecule has 1 atom stereocenters. The number of hydrogen-bond donors (Lipinski definition) is 2. The number of aromatic nitrogens is 2. The van der Waals surface area contributed by atoms with Crippen LogP contribution < -0.4 is 16.6 Å². The molecule has 1 aromatic carbocycles. The molecule has 7 heteroatoms. The molecule has 0 amide bonds. The first-order valence-corrected chi connectivity index (χ1v) is 7.27. The zero-order valence-corrected chi connectivity index (χ0v) is 11.7. The zero-order valence-electron chi connectivity index (χ0n) is 10.9. The van der Waals surface area contributed by atoms with Gasteiger partial charge in [0.25, 0.3) is 5.56 Å². The van der Waals surface area contributed by atoms with Gasteiger partial charge in [0.05, 0.1) is 10.9 Å². The number of nitrogens with one attached hydrogen (secondary N) is 1. The lowest BCUT2D eigenvalue weighted by molar-refractivity contribution is 0.626. The molecule has 0 aliphatic carbocycles. The smallest absolute Gasteiger partial charge is 0.282 e. The van der Waals surface area contributed by atoms with E-state index in [-0.39, 0.29) is 17.7 Å². The van der Waals surface area contributed by atoms with Gasteiger partial charge in [0.15, 0.2) is 12.1 Å². The van der Waals surface area contributed by atoms with Crippen LogP contribution in [-0.2, 0) is 0 Å². The number of para-hydroxylation sites is 1. The number of nitrogens with two attached hydrogens (primary N) is 1. The molecule has 3 heterocycles. The molecule has 21 heavy (non-hydrogen) atoms. The summed E-state index contributed by atoms with van der Waals surface area (Å²) in [6.45, 7) is 0. The Balaban J connectivity index is 2.08. The van der Waals surface area contributed by atoms with Crippen molar-refractivity contribution in [2.75, 3.05) is 5.32 Å². The largest absolute Gasteiger partial charge is 0.370 e. The van der Waals surface area contributed by atoms with Crippen LogP contribution in [0.4, 0.5) is 5.95 Å². The maximum absolute atomic E-state index is 12.1. The summed E-state index contributed by atoms with van der Waals surface area (Å²) < 4.78 is 1.90. The third kappa shape index (κ3) is 1.82. The molecule has 0 unspecified atom stereocenters. The highest BCUT2D eigenvalue weighted by Gasteiger charge is 2.24. The molecule has 1 aliphatic heterocycles. The third-order valence-corrected chi connectivity index (χ3v) is 4.29. The van der Waals surface area contributed by atoms with Crippen LogP contribution in [0.3, 0.4) is 0 Å². The van der Waals surface area contributed by atoms with Crippen LogP contribution in [0.15, 0.2) is 51.6 Å². The molecular formula is C14H11N5OS. The number of anilines is 1. The minimum atomic E-state index is -0.306. The molecular weight excluding hydrogens is 286 g/mol. The first-order chi connectivity index (χ1) is 10.2. The number of rotatable bonds is 1. The summed E-state index contributed by atoms with van der Waals surface area (Å²) in [5, 5.41) is 5.43. The molecule has 3 N–H and O–H groups in total. The van der Waals surface area contributed by atoms with E-state index >= 15 is 0 Å². The molecule has 2 aromatic heterocycles. The molecule has 104 valence electrons. The van der Waals surface area contributed by atoms with Crippen LogP contribution in [0, 0.1) is 0 Å². The number of nitrogens with zero attached hydrogens (tertiary/aromatic N) is 3. The highest BCUT2D eigenvalue weighted by atomic mass is 32.1. The summed E-state index contributed by atoms with van der Waals surface area (Å²) in [5.74, 6) is 0.681. The number of benzene rings is 1. The predicted molar refractivity (Wildman–Crippen MR) is 83.7 cm³/mol. The van der Waals surface area contributed by atoms with Gasteiger partial charge >= 0.3 is 0 Å². The van der Waals surface area contributed by atoms with Crippen LogP contribution in [-0.4, -0.2) is 15.5 Å². The number of fused-ring (bicyclic) bond motifs is 3. The van der Waals surface area contributed by atoms with Crippen molar-refractivity contribution >= 4 is 34.1 Å². The average Bonchev–Trinajstić information content (AvgIpc) is 3.00. The second kappa shape index (κ2) is 4.42. The molecule has 3 aromatic rings. The van der Waals surface area contributed by atoms with E-state index in [1.165, 1.54) is 0 Å². The summed E-state index contributed by atoms with van der Waals surface area (Å²) in [7, 11) is 0. The van der Waals surface area contributed by atoms with Crippen LogP contribution in [0.25, 0.3) is 10.9 Å². The first kappa shape index (κ1) is 12.1. The molecule has 0 bridgehead atoms. The van der Waals surface area contributed by atoms with Gasteiger partial charge < -0.3 is 5.73 Å². The van der Waals surface area contributed by atoms with Crippen molar-refractivity contribution in [1.82, 2.24) is 9.55 Å². The minimum absolute atomic E-state index is 0.260. The fourth-order valence-corrected chi connectivity index (χ4v) is 3.24. The van der Waals surface area contributed by atoms with Gasteiger partial charge in [-0.3, -0.25) is 14.7 Å². The second-order valence-electron chi connectivity index (χ2n) is 4.66. The Bertz CT molecular complexity index is 913. The molecule has 0 fully saturated rings. The van der Waals surface area contributed by atoms with Gasteiger partial charge in [-0.25, -0.2) is 4.99 Å². The molecule has 0 saturated carbocycles. The van der Waals surface area contributed by atoms with Crippen molar-refractivity contribution in [1.29, 1.82) is 0 Å². The highest BCUT2D eigenvalue weighted by Crippen LogP contribution is 2.31. The van der Waals surface area contributed by atoms with E-state index in [4.69, 9.17) is 5.73 Å². The molecule has 0 radical (unpaired) electrons. The number of thiophene rings is 1. The maximum Gasteiger partial charge on any atom is 0.282 e. The lowest BCUT2D eigenvalue weighted by Crippen LogP contribution is -2.34. The average molecular weight is 297 g/mol. The first-order valence-electron chi connectivity index (χ1n) is 6.39. The number of guanidine groups is 1. The van der Waals surface area contributed by atoms with E-state index in [1.54, 1.807) is 17.4 Å². The lowest BCUT2D eigenvalue weighted by Gasteiger charge is -2.26. The molecule has 6 nitrogen and oxygen atoms in total. The molecule has 0 saturated heterocycles. The van der Waals surface area contributed by atoms with Gasteiger partial charge in [0.2, 0.25) is 5.95 Å². The Hall–Kier alpha value is -2.67. The van der Waals surface area contributed by atoms with Crippen molar-refractivity contribution < 1.29 is 0 Å². The Morgan fingerprint density at radius 1 is 1.24 bits per heavy atom. The van der Waals surface area contributed by atoms with Crippen molar-refractivity contribution in [3.63, 3.8) is 0 Å². The quantitative estimate of drug-likeness (QED) is 0.716. The predicted octanol–water partition coefficient (Wildman–Crippen LogP) is 1.75. The maximum atomic E-state index is 12.1. The van der Waals surface area contributed by atoms with Crippen LogP contribution in [0.5, 0.6) is 0 Å². The highest BCUT2D eigenvalue weighted by molar-refractivity contribution is 7.10. The SMILES string of the molecule is NC1=N[C@H](c2cccs2)n2c(nc(=O)c3ccccc32)N1. The normalized spacial score (nSPS) is 17.1. The van der Waals surface area contributed by atoms with Gasteiger partial charge in [-0.2, -0.15) is 4.98 Å². The topological polar surface area (TPSA) is 85.3 Å². The Labute approximate surface area is 123 Å². The van der Waals surface area contributed by atoms with Crippen molar-refractivity contribution in [2.45, 2.75) is 6.17 Å². The Morgan fingerprint density at radius 2 is 2.10 bits per heavy atom. The second-order valence-corrected chi connectivity index (χ2v) is 5.64. The molecule has 0 spiro atoms. The van der Waals surface area contributed by atoms with Gasteiger partial charge in [0, 0.05) is 4.88 Å². The van der Waals surface area contributed by atoms with E-state index in [1.807, 2.05) is 40.3 Å². The summed E-state index contributed by atoms with van der Waals surface area (Å²) >= 11 is 1.59. The summed E-state index contributed by atoms with van der Waals surface area (Å²) in [4.78, 5) is 21.7. The fourth-order valence-electron chi connectivity index (χ4n) is 2.49. The van der Waals surface area contributed by atoms with Gasteiger partial charge in [-0.1, -0.05) is 18.2 Å². The summed E-state index contributed by atoms with van der Waals surface area (Å²) in [5.41, 5.74) is 6.34. The number of hydrogen-bond acceptors (Lipinski definition) is 6.